The van der Waals surface area contributed by atoms with Crippen LogP contribution in [0.5, 0.6) is 0 Å². The van der Waals surface area contributed by atoms with E-state index in [0.29, 0.717) is 20.8 Å². The maximum atomic E-state index is 13.9. The van der Waals surface area contributed by atoms with Crippen molar-refractivity contribution < 1.29 is 9.18 Å². The third-order valence-electron chi connectivity index (χ3n) is 3.39. The van der Waals surface area contributed by atoms with Gasteiger partial charge in [-0.15, -0.1) is 0 Å². The standard InChI is InChI=1S/C17H11Cl2FN2OS/c1-9-11(18)4-3-7-14(9)21-17-22-16(23)15(24-17)8-10-12(19)5-2-6-13(10)20/h2-8H,1H3,(H,21,22,23)/b15-8-. The highest BCUT2D eigenvalue weighted by Crippen LogP contribution is 2.32. The number of halogens is 3. The topological polar surface area (TPSA) is 41.5 Å². The van der Waals surface area contributed by atoms with Gasteiger partial charge in [-0.3, -0.25) is 4.79 Å². The van der Waals surface area contributed by atoms with Crippen molar-refractivity contribution in [3.05, 3.63) is 68.3 Å². The van der Waals surface area contributed by atoms with E-state index in [1.54, 1.807) is 24.3 Å². The highest BCUT2D eigenvalue weighted by atomic mass is 35.5. The second-order valence-electron chi connectivity index (χ2n) is 5.00. The van der Waals surface area contributed by atoms with Gasteiger partial charge in [0.05, 0.1) is 15.6 Å². The van der Waals surface area contributed by atoms with Gasteiger partial charge in [0.1, 0.15) is 5.82 Å². The van der Waals surface area contributed by atoms with Gasteiger partial charge in [-0.1, -0.05) is 35.3 Å². The molecule has 2 aromatic rings. The molecule has 1 aliphatic heterocycles. The van der Waals surface area contributed by atoms with E-state index < -0.39 is 5.82 Å². The molecule has 7 heteroatoms. The Morgan fingerprint density at radius 2 is 1.88 bits per heavy atom. The number of hydrogen-bond donors (Lipinski definition) is 1. The quantitative estimate of drug-likeness (QED) is 0.715. The van der Waals surface area contributed by atoms with E-state index in [-0.39, 0.29) is 16.5 Å². The average Bonchev–Trinajstić information content (AvgIpc) is 2.87. The summed E-state index contributed by atoms with van der Waals surface area (Å²) in [6, 6.07) is 9.73. The van der Waals surface area contributed by atoms with Gasteiger partial charge in [0.15, 0.2) is 5.17 Å². The van der Waals surface area contributed by atoms with Crippen molar-refractivity contribution in [1.82, 2.24) is 5.32 Å². The molecule has 1 fully saturated rings. The van der Waals surface area contributed by atoms with Crippen LogP contribution < -0.4 is 5.32 Å². The molecule has 0 spiro atoms. The van der Waals surface area contributed by atoms with Crippen LogP contribution in [0.4, 0.5) is 10.1 Å². The van der Waals surface area contributed by atoms with Crippen LogP contribution in [0.3, 0.4) is 0 Å². The van der Waals surface area contributed by atoms with Gasteiger partial charge in [-0.2, -0.15) is 0 Å². The van der Waals surface area contributed by atoms with Crippen LogP contribution in [-0.4, -0.2) is 11.1 Å². The van der Waals surface area contributed by atoms with Gasteiger partial charge in [-0.05, 0) is 54.6 Å². The van der Waals surface area contributed by atoms with Crippen LogP contribution in [0.15, 0.2) is 46.3 Å². The van der Waals surface area contributed by atoms with Gasteiger partial charge in [-0.25, -0.2) is 9.38 Å². The molecular weight excluding hydrogens is 370 g/mol. The Labute approximate surface area is 152 Å². The lowest BCUT2D eigenvalue weighted by Crippen LogP contribution is -2.19. The summed E-state index contributed by atoms with van der Waals surface area (Å²) < 4.78 is 13.9. The largest absolute Gasteiger partial charge is 0.300 e. The number of amides is 1. The molecule has 0 unspecified atom stereocenters. The number of nitrogens with one attached hydrogen (secondary N) is 1. The molecule has 0 aliphatic carbocycles. The maximum Gasteiger partial charge on any atom is 0.264 e. The van der Waals surface area contributed by atoms with Crippen LogP contribution >= 0.6 is 35.0 Å². The molecule has 122 valence electrons. The van der Waals surface area contributed by atoms with Crippen molar-refractivity contribution in [1.29, 1.82) is 0 Å². The molecule has 3 nitrogen and oxygen atoms in total. The number of hydrogen-bond acceptors (Lipinski definition) is 3. The third-order valence-corrected chi connectivity index (χ3v) is 5.04. The van der Waals surface area contributed by atoms with Gasteiger partial charge in [0, 0.05) is 10.6 Å². The summed E-state index contributed by atoms with van der Waals surface area (Å²) in [5.41, 5.74) is 1.66. The minimum atomic E-state index is -0.487. The lowest BCUT2D eigenvalue weighted by atomic mass is 10.2. The van der Waals surface area contributed by atoms with E-state index in [0.717, 1.165) is 17.3 Å². The number of carbonyl (C=O) groups excluding carboxylic acids is 1. The van der Waals surface area contributed by atoms with Crippen molar-refractivity contribution in [2.45, 2.75) is 6.92 Å². The van der Waals surface area contributed by atoms with E-state index in [4.69, 9.17) is 23.2 Å². The van der Waals surface area contributed by atoms with E-state index in [9.17, 15) is 9.18 Å². The number of thioether (sulfide) groups is 1. The Bertz CT molecular complexity index is 876. The summed E-state index contributed by atoms with van der Waals surface area (Å²) >= 11 is 13.2. The van der Waals surface area contributed by atoms with Crippen LogP contribution in [-0.2, 0) is 4.79 Å². The zero-order chi connectivity index (χ0) is 17.3. The lowest BCUT2D eigenvalue weighted by molar-refractivity contribution is -0.115. The molecule has 24 heavy (non-hydrogen) atoms. The molecule has 1 heterocycles. The first-order valence-corrected chi connectivity index (χ1v) is 8.51. The minimum absolute atomic E-state index is 0.178. The monoisotopic (exact) mass is 380 g/mol. The van der Waals surface area contributed by atoms with Crippen LogP contribution in [0, 0.1) is 12.7 Å². The zero-order valence-corrected chi connectivity index (χ0v) is 14.8. The fourth-order valence-electron chi connectivity index (χ4n) is 2.09. The summed E-state index contributed by atoms with van der Waals surface area (Å²) in [5.74, 6) is -0.836. The van der Waals surface area contributed by atoms with E-state index in [1.807, 2.05) is 6.92 Å². The summed E-state index contributed by atoms with van der Waals surface area (Å²) in [6.07, 6.45) is 1.42. The molecule has 0 saturated carbocycles. The summed E-state index contributed by atoms with van der Waals surface area (Å²) in [7, 11) is 0. The predicted molar refractivity (Wildman–Crippen MR) is 98.4 cm³/mol. The predicted octanol–water partition coefficient (Wildman–Crippen LogP) is 5.33. The first-order chi connectivity index (χ1) is 11.5. The van der Waals surface area contributed by atoms with E-state index in [1.165, 1.54) is 18.2 Å². The highest BCUT2D eigenvalue weighted by Gasteiger charge is 2.25. The SMILES string of the molecule is Cc1c(Cl)cccc1N=C1NC(=O)/C(=C/c2c(F)cccc2Cl)S1. The molecular formula is C17H11Cl2FN2OS. The Morgan fingerprint density at radius 3 is 2.62 bits per heavy atom. The fourth-order valence-corrected chi connectivity index (χ4v) is 3.29. The van der Waals surface area contributed by atoms with Crippen molar-refractivity contribution in [3.8, 4) is 0 Å². The third kappa shape index (κ3) is 3.48. The first kappa shape index (κ1) is 17.0. The fraction of sp³-hybridized carbons (Fsp3) is 0.0588. The van der Waals surface area contributed by atoms with Crippen LogP contribution in [0.25, 0.3) is 6.08 Å². The zero-order valence-electron chi connectivity index (χ0n) is 12.4. The van der Waals surface area contributed by atoms with Gasteiger partial charge < -0.3 is 5.32 Å². The Balaban J connectivity index is 1.93. The van der Waals surface area contributed by atoms with Crippen LogP contribution in [0.1, 0.15) is 11.1 Å². The number of rotatable bonds is 2. The molecule has 1 saturated heterocycles. The summed E-state index contributed by atoms with van der Waals surface area (Å²) in [5, 5.41) is 3.90. The van der Waals surface area contributed by atoms with Gasteiger partial charge in [0.25, 0.3) is 5.91 Å². The van der Waals surface area contributed by atoms with Crippen molar-refractivity contribution in [2.75, 3.05) is 0 Å². The van der Waals surface area contributed by atoms with Gasteiger partial charge in [0.2, 0.25) is 0 Å². The summed E-state index contributed by atoms with van der Waals surface area (Å²) in [4.78, 5) is 16.8. The Kier molecular flexibility index (Phi) is 4.94. The van der Waals surface area contributed by atoms with Gasteiger partial charge >= 0.3 is 0 Å². The number of nitrogens with zero attached hydrogens (tertiary/aromatic N) is 1. The molecule has 0 atom stereocenters. The number of benzene rings is 2. The molecule has 0 aromatic heterocycles. The van der Waals surface area contributed by atoms with Crippen molar-refractivity contribution in [3.63, 3.8) is 0 Å². The number of amidine groups is 1. The Hall–Kier alpha value is -1.82. The highest BCUT2D eigenvalue weighted by molar-refractivity contribution is 8.18. The molecule has 1 aliphatic rings. The number of aliphatic imine (C=N–C) groups is 1. The first-order valence-electron chi connectivity index (χ1n) is 6.94. The molecule has 1 N–H and O–H groups in total. The normalized spacial score (nSPS) is 17.6. The molecule has 0 radical (unpaired) electrons. The second-order valence-corrected chi connectivity index (χ2v) is 6.85. The maximum absolute atomic E-state index is 13.9. The van der Waals surface area contributed by atoms with Crippen molar-refractivity contribution >= 4 is 57.8 Å². The smallest absolute Gasteiger partial charge is 0.264 e. The molecule has 1 amide bonds. The summed E-state index contributed by atoms with van der Waals surface area (Å²) in [6.45, 7) is 1.85. The van der Waals surface area contributed by atoms with E-state index >= 15 is 0 Å². The van der Waals surface area contributed by atoms with E-state index in [2.05, 4.69) is 10.3 Å². The average molecular weight is 381 g/mol. The van der Waals surface area contributed by atoms with Crippen LogP contribution in [0.2, 0.25) is 10.0 Å². The molecule has 3 rings (SSSR count). The Morgan fingerprint density at radius 1 is 1.17 bits per heavy atom. The van der Waals surface area contributed by atoms with Crippen molar-refractivity contribution in [2.24, 2.45) is 4.99 Å². The second kappa shape index (κ2) is 6.97. The number of carbonyl (C=O) groups is 1. The molecule has 0 bridgehead atoms. The molecule has 2 aromatic carbocycles. The minimum Gasteiger partial charge on any atom is -0.300 e. The lowest BCUT2D eigenvalue weighted by Gasteiger charge is -2.02.